The van der Waals surface area contributed by atoms with Crippen molar-refractivity contribution in [2.75, 3.05) is 11.9 Å². The lowest BCUT2D eigenvalue weighted by molar-refractivity contribution is 0.0940. The van der Waals surface area contributed by atoms with Gasteiger partial charge >= 0.3 is 0 Å². The molecule has 15 heavy (non-hydrogen) atoms. The van der Waals surface area contributed by atoms with Crippen molar-refractivity contribution in [2.24, 2.45) is 5.41 Å². The molecule has 1 rings (SSSR count). The molecule has 0 saturated carbocycles. The molecule has 0 radical (unpaired) electrons. The number of amides is 1. The fourth-order valence-corrected chi connectivity index (χ4v) is 2.08. The minimum Gasteiger partial charge on any atom is -0.351 e. The van der Waals surface area contributed by atoms with E-state index < -0.39 is 0 Å². The maximum Gasteiger partial charge on any atom is 0.252 e. The van der Waals surface area contributed by atoms with Crippen LogP contribution in [0.15, 0.2) is 10.8 Å². The Hall–Kier alpha value is -0.350. The number of carbonyl (C=O) groups excluding carboxylic acids is 1. The average Bonchev–Trinajstić information content (AvgIpc) is 2.61. The van der Waals surface area contributed by atoms with Crippen LogP contribution in [0.3, 0.4) is 0 Å². The van der Waals surface area contributed by atoms with Crippen molar-refractivity contribution >= 4 is 33.2 Å². The maximum absolute atomic E-state index is 11.8. The third-order valence-electron chi connectivity index (χ3n) is 2.19. The number of alkyl halides is 1. The SMILES string of the molecule is Cc1cscc1C(=O)NCC(C)(C)CBr. The van der Waals surface area contributed by atoms with Gasteiger partial charge < -0.3 is 5.32 Å². The highest BCUT2D eigenvalue weighted by Gasteiger charge is 2.18. The monoisotopic (exact) mass is 289 g/mol. The summed E-state index contributed by atoms with van der Waals surface area (Å²) in [5.41, 5.74) is 1.94. The molecule has 84 valence electrons. The summed E-state index contributed by atoms with van der Waals surface area (Å²) in [6.45, 7) is 6.87. The van der Waals surface area contributed by atoms with Crippen LogP contribution >= 0.6 is 27.3 Å². The fourth-order valence-electron chi connectivity index (χ4n) is 1.06. The molecule has 2 nitrogen and oxygen atoms in total. The number of hydrogen-bond acceptors (Lipinski definition) is 2. The molecule has 0 aliphatic rings. The molecule has 1 aromatic rings. The van der Waals surface area contributed by atoms with Gasteiger partial charge in [0.1, 0.15) is 0 Å². The topological polar surface area (TPSA) is 29.1 Å². The summed E-state index contributed by atoms with van der Waals surface area (Å²) in [5.74, 6) is 0.0303. The molecule has 1 aromatic heterocycles. The van der Waals surface area contributed by atoms with E-state index in [-0.39, 0.29) is 11.3 Å². The predicted molar refractivity (Wildman–Crippen MR) is 69.0 cm³/mol. The van der Waals surface area contributed by atoms with Gasteiger partial charge in [-0.2, -0.15) is 11.3 Å². The van der Waals surface area contributed by atoms with Crippen molar-refractivity contribution in [2.45, 2.75) is 20.8 Å². The third kappa shape index (κ3) is 3.61. The molecular weight excluding hydrogens is 274 g/mol. The fraction of sp³-hybridized carbons (Fsp3) is 0.545. The summed E-state index contributed by atoms with van der Waals surface area (Å²) in [6, 6.07) is 0. The van der Waals surface area contributed by atoms with Gasteiger partial charge in [-0.3, -0.25) is 4.79 Å². The maximum atomic E-state index is 11.8. The molecular formula is C11H16BrNOS. The Labute approximate surface area is 103 Å². The van der Waals surface area contributed by atoms with Crippen LogP contribution in [0, 0.1) is 12.3 Å². The molecule has 1 N–H and O–H groups in total. The highest BCUT2D eigenvalue weighted by molar-refractivity contribution is 9.09. The Morgan fingerprint density at radius 2 is 2.20 bits per heavy atom. The zero-order valence-electron chi connectivity index (χ0n) is 9.26. The Morgan fingerprint density at radius 1 is 1.53 bits per heavy atom. The van der Waals surface area contributed by atoms with Gasteiger partial charge in [0.05, 0.1) is 5.56 Å². The van der Waals surface area contributed by atoms with Crippen LogP contribution < -0.4 is 5.32 Å². The van der Waals surface area contributed by atoms with Crippen molar-refractivity contribution in [1.82, 2.24) is 5.32 Å². The number of hydrogen-bond donors (Lipinski definition) is 1. The van der Waals surface area contributed by atoms with Crippen molar-refractivity contribution in [3.63, 3.8) is 0 Å². The zero-order chi connectivity index (χ0) is 11.5. The molecule has 1 amide bonds. The number of nitrogens with one attached hydrogen (secondary N) is 1. The van der Waals surface area contributed by atoms with E-state index in [4.69, 9.17) is 0 Å². The van der Waals surface area contributed by atoms with Crippen LogP contribution in [0.2, 0.25) is 0 Å². The van der Waals surface area contributed by atoms with Crippen LogP contribution in [0.4, 0.5) is 0 Å². The number of halogens is 1. The highest BCUT2D eigenvalue weighted by Crippen LogP contribution is 2.18. The third-order valence-corrected chi connectivity index (χ3v) is 4.57. The molecule has 0 bridgehead atoms. The quantitative estimate of drug-likeness (QED) is 0.848. The van der Waals surface area contributed by atoms with Gasteiger partial charge in [0.25, 0.3) is 5.91 Å². The first-order valence-corrected chi connectivity index (χ1v) is 6.90. The standard InChI is InChI=1S/C11H16BrNOS/c1-8-4-15-5-9(8)10(14)13-7-11(2,3)6-12/h4-5H,6-7H2,1-3H3,(H,13,14). The molecule has 4 heteroatoms. The minimum absolute atomic E-state index is 0.0303. The van der Waals surface area contributed by atoms with Crippen molar-refractivity contribution in [3.05, 3.63) is 21.9 Å². The van der Waals surface area contributed by atoms with Gasteiger partial charge in [0.2, 0.25) is 0 Å². The van der Waals surface area contributed by atoms with E-state index in [2.05, 4.69) is 35.1 Å². The Balaban J connectivity index is 2.55. The lowest BCUT2D eigenvalue weighted by Crippen LogP contribution is -2.34. The first-order chi connectivity index (χ1) is 6.96. The van der Waals surface area contributed by atoms with Gasteiger partial charge in [-0.05, 0) is 23.3 Å². The molecule has 0 aromatic carbocycles. The van der Waals surface area contributed by atoms with E-state index in [1.165, 1.54) is 0 Å². The van der Waals surface area contributed by atoms with Gasteiger partial charge in [-0.25, -0.2) is 0 Å². The van der Waals surface area contributed by atoms with Gasteiger partial charge in [-0.15, -0.1) is 0 Å². The van der Waals surface area contributed by atoms with Crippen LogP contribution in [-0.4, -0.2) is 17.8 Å². The van der Waals surface area contributed by atoms with Gasteiger partial charge in [0.15, 0.2) is 0 Å². The number of rotatable bonds is 4. The van der Waals surface area contributed by atoms with E-state index >= 15 is 0 Å². The predicted octanol–water partition coefficient (Wildman–Crippen LogP) is 3.21. The van der Waals surface area contributed by atoms with Crippen LogP contribution in [0.1, 0.15) is 29.8 Å². The number of aryl methyl sites for hydroxylation is 1. The molecule has 0 atom stereocenters. The average molecular weight is 290 g/mol. The number of carbonyl (C=O) groups is 1. The summed E-state index contributed by atoms with van der Waals surface area (Å²) in [6.07, 6.45) is 0. The van der Waals surface area contributed by atoms with Gasteiger partial charge in [0, 0.05) is 17.3 Å². The molecule has 0 aliphatic carbocycles. The summed E-state index contributed by atoms with van der Waals surface area (Å²) >= 11 is 5.00. The smallest absolute Gasteiger partial charge is 0.252 e. The minimum atomic E-state index is 0.0303. The molecule has 1 heterocycles. The molecule has 0 aliphatic heterocycles. The molecule has 0 saturated heterocycles. The summed E-state index contributed by atoms with van der Waals surface area (Å²) in [7, 11) is 0. The van der Waals surface area contributed by atoms with Crippen molar-refractivity contribution in [3.8, 4) is 0 Å². The lowest BCUT2D eigenvalue weighted by Gasteiger charge is -2.21. The Bertz CT molecular complexity index is 346. The van der Waals surface area contributed by atoms with Crippen LogP contribution in [-0.2, 0) is 0 Å². The van der Waals surface area contributed by atoms with Crippen molar-refractivity contribution < 1.29 is 4.79 Å². The Morgan fingerprint density at radius 3 is 2.67 bits per heavy atom. The highest BCUT2D eigenvalue weighted by atomic mass is 79.9. The summed E-state index contributed by atoms with van der Waals surface area (Å²) in [4.78, 5) is 11.8. The number of thiophene rings is 1. The van der Waals surface area contributed by atoms with Crippen molar-refractivity contribution in [1.29, 1.82) is 0 Å². The largest absolute Gasteiger partial charge is 0.351 e. The summed E-state index contributed by atoms with van der Waals surface area (Å²) in [5, 5.41) is 7.72. The van der Waals surface area contributed by atoms with Crippen LogP contribution in [0.25, 0.3) is 0 Å². The van der Waals surface area contributed by atoms with E-state index in [1.54, 1.807) is 11.3 Å². The zero-order valence-corrected chi connectivity index (χ0v) is 11.7. The molecule has 0 fully saturated rings. The van der Waals surface area contributed by atoms with E-state index in [0.29, 0.717) is 6.54 Å². The van der Waals surface area contributed by atoms with E-state index in [1.807, 2.05) is 17.7 Å². The second kappa shape index (κ2) is 5.12. The van der Waals surface area contributed by atoms with Gasteiger partial charge in [-0.1, -0.05) is 29.8 Å². The second-order valence-corrected chi connectivity index (χ2v) is 5.75. The Kier molecular flexibility index (Phi) is 4.34. The summed E-state index contributed by atoms with van der Waals surface area (Å²) < 4.78 is 0. The molecule has 0 spiro atoms. The first kappa shape index (κ1) is 12.7. The first-order valence-electron chi connectivity index (χ1n) is 4.83. The molecule has 0 unspecified atom stereocenters. The van der Waals surface area contributed by atoms with Crippen LogP contribution in [0.5, 0.6) is 0 Å². The lowest BCUT2D eigenvalue weighted by atomic mass is 9.97. The van der Waals surface area contributed by atoms with E-state index in [9.17, 15) is 4.79 Å². The second-order valence-electron chi connectivity index (χ2n) is 4.45. The normalized spacial score (nSPS) is 11.5. The van der Waals surface area contributed by atoms with E-state index in [0.717, 1.165) is 16.5 Å².